The van der Waals surface area contributed by atoms with E-state index < -0.39 is 17.2 Å². The van der Waals surface area contributed by atoms with Gasteiger partial charge in [0.15, 0.2) is 5.96 Å². The molecule has 1 amide bonds. The van der Waals surface area contributed by atoms with Crippen molar-refractivity contribution in [2.24, 2.45) is 4.99 Å². The van der Waals surface area contributed by atoms with E-state index >= 15 is 0 Å². The van der Waals surface area contributed by atoms with E-state index in [2.05, 4.69) is 46.7 Å². The van der Waals surface area contributed by atoms with Gasteiger partial charge in [-0.2, -0.15) is 0 Å². The molecule has 0 bridgehead atoms. The summed E-state index contributed by atoms with van der Waals surface area (Å²) in [4.78, 5) is 20.8. The molecule has 0 saturated carbocycles. The number of oxazole rings is 1. The molecule has 1 aromatic rings. The lowest BCUT2D eigenvalue weighted by Gasteiger charge is -2.34. The van der Waals surface area contributed by atoms with Gasteiger partial charge in [0.1, 0.15) is 11.4 Å². The average molecular weight is 410 g/mol. The number of alkyl carbamates (subject to hydrolysis) is 1. The number of aromatic nitrogens is 1. The molecular formula is C21H39N5O3. The minimum Gasteiger partial charge on any atom is -0.444 e. The Bertz CT molecular complexity index is 679. The van der Waals surface area contributed by atoms with Gasteiger partial charge in [0.2, 0.25) is 5.89 Å². The Morgan fingerprint density at radius 1 is 1.14 bits per heavy atom. The van der Waals surface area contributed by atoms with Crippen molar-refractivity contribution in [1.82, 2.24) is 20.9 Å². The molecule has 0 saturated heterocycles. The molecular weight excluding hydrogens is 370 g/mol. The molecule has 0 aliphatic carbocycles. The summed E-state index contributed by atoms with van der Waals surface area (Å²) in [7, 11) is 1.70. The van der Waals surface area contributed by atoms with Crippen molar-refractivity contribution >= 4 is 12.1 Å². The van der Waals surface area contributed by atoms with Crippen molar-refractivity contribution in [2.45, 2.75) is 91.3 Å². The fourth-order valence-electron chi connectivity index (χ4n) is 2.61. The van der Waals surface area contributed by atoms with Crippen LogP contribution >= 0.6 is 0 Å². The molecule has 0 aromatic carbocycles. The van der Waals surface area contributed by atoms with Crippen molar-refractivity contribution in [3.8, 4) is 0 Å². The van der Waals surface area contributed by atoms with Gasteiger partial charge in [-0.05, 0) is 33.6 Å². The Morgan fingerprint density at radius 3 is 2.21 bits per heavy atom. The summed E-state index contributed by atoms with van der Waals surface area (Å²) < 4.78 is 11.2. The van der Waals surface area contributed by atoms with E-state index in [1.807, 2.05) is 34.6 Å². The molecule has 0 aliphatic rings. The van der Waals surface area contributed by atoms with Crippen LogP contribution in [0.25, 0.3) is 0 Å². The molecule has 0 aliphatic heterocycles. The highest BCUT2D eigenvalue weighted by Gasteiger charge is 2.30. The summed E-state index contributed by atoms with van der Waals surface area (Å²) >= 11 is 0. The number of guanidine groups is 1. The molecule has 0 spiro atoms. The second kappa shape index (κ2) is 9.98. The van der Waals surface area contributed by atoms with E-state index in [0.29, 0.717) is 24.9 Å². The number of carbonyl (C=O) groups excluding carboxylic acids is 1. The van der Waals surface area contributed by atoms with Gasteiger partial charge in [0.25, 0.3) is 0 Å². The number of carbonyl (C=O) groups is 1. The topological polar surface area (TPSA) is 101 Å². The van der Waals surface area contributed by atoms with Gasteiger partial charge >= 0.3 is 6.09 Å². The number of hydrogen-bond acceptors (Lipinski definition) is 5. The Balaban J connectivity index is 2.67. The first-order valence-corrected chi connectivity index (χ1v) is 10.2. The van der Waals surface area contributed by atoms with Crippen LogP contribution < -0.4 is 16.0 Å². The Hall–Kier alpha value is -2.25. The smallest absolute Gasteiger partial charge is 0.408 e. The first-order valence-electron chi connectivity index (χ1n) is 10.2. The highest BCUT2D eigenvalue weighted by molar-refractivity contribution is 5.79. The maximum absolute atomic E-state index is 12.3. The summed E-state index contributed by atoms with van der Waals surface area (Å²) in [6.07, 6.45) is 2.85. The van der Waals surface area contributed by atoms with Crippen LogP contribution in [0, 0.1) is 0 Å². The third-order valence-electron chi connectivity index (χ3n) is 4.64. The van der Waals surface area contributed by atoms with E-state index in [1.54, 1.807) is 13.2 Å². The Labute approximate surface area is 175 Å². The number of hydrogen-bond donors (Lipinski definition) is 3. The van der Waals surface area contributed by atoms with Crippen molar-refractivity contribution in [1.29, 1.82) is 0 Å². The number of amides is 1. The normalized spacial score (nSPS) is 13.2. The van der Waals surface area contributed by atoms with Gasteiger partial charge in [-0.25, -0.2) is 9.78 Å². The van der Waals surface area contributed by atoms with Gasteiger partial charge in [-0.3, -0.25) is 4.99 Å². The average Bonchev–Trinajstić information content (AvgIpc) is 3.08. The third kappa shape index (κ3) is 8.33. The zero-order valence-corrected chi connectivity index (χ0v) is 19.5. The number of nitrogens with one attached hydrogen (secondary N) is 3. The van der Waals surface area contributed by atoms with E-state index in [1.165, 1.54) is 0 Å². The Kier molecular flexibility index (Phi) is 8.53. The highest BCUT2D eigenvalue weighted by Crippen LogP contribution is 2.22. The zero-order valence-electron chi connectivity index (χ0n) is 19.5. The van der Waals surface area contributed by atoms with Crippen molar-refractivity contribution < 1.29 is 13.9 Å². The molecule has 1 rings (SSSR count). The number of rotatable bonds is 7. The van der Waals surface area contributed by atoms with Crippen molar-refractivity contribution in [2.75, 3.05) is 13.6 Å². The summed E-state index contributed by atoms with van der Waals surface area (Å²) in [5.74, 6) is 2.05. The van der Waals surface area contributed by atoms with Gasteiger partial charge in [0.05, 0.1) is 18.3 Å². The first-order chi connectivity index (χ1) is 13.3. The number of aliphatic imine (C=N–C) groups is 1. The summed E-state index contributed by atoms with van der Waals surface area (Å²) in [5.41, 5.74) is -1.06. The van der Waals surface area contributed by atoms with E-state index in [-0.39, 0.29) is 5.41 Å². The molecule has 166 valence electrons. The lowest BCUT2D eigenvalue weighted by molar-refractivity contribution is 0.0448. The molecule has 0 unspecified atom stereocenters. The number of ether oxygens (including phenoxy) is 1. The molecule has 0 fully saturated rings. The van der Waals surface area contributed by atoms with Crippen LogP contribution in [0.1, 0.15) is 79.9 Å². The van der Waals surface area contributed by atoms with Crippen LogP contribution in [0.4, 0.5) is 4.79 Å². The third-order valence-corrected chi connectivity index (χ3v) is 4.64. The minimum atomic E-state index is -0.537. The summed E-state index contributed by atoms with van der Waals surface area (Å²) in [6.45, 7) is 16.8. The van der Waals surface area contributed by atoms with E-state index in [4.69, 9.17) is 9.15 Å². The van der Waals surface area contributed by atoms with Crippen LogP contribution in [0.2, 0.25) is 0 Å². The molecule has 1 heterocycles. The summed E-state index contributed by atoms with van der Waals surface area (Å²) in [5, 5.41) is 9.51. The predicted octanol–water partition coefficient (Wildman–Crippen LogP) is 3.72. The molecule has 0 radical (unpaired) electrons. The van der Waals surface area contributed by atoms with E-state index in [9.17, 15) is 4.79 Å². The monoisotopic (exact) mass is 409 g/mol. The van der Waals surface area contributed by atoms with Gasteiger partial charge in [-0.1, -0.05) is 34.6 Å². The molecule has 1 aromatic heterocycles. The van der Waals surface area contributed by atoms with Crippen molar-refractivity contribution in [3.63, 3.8) is 0 Å². The highest BCUT2D eigenvalue weighted by atomic mass is 16.6. The maximum atomic E-state index is 12.3. The molecule has 8 heteroatoms. The first kappa shape index (κ1) is 24.8. The minimum absolute atomic E-state index is 0.0830. The lowest BCUT2D eigenvalue weighted by Crippen LogP contribution is -2.57. The fraction of sp³-hybridized carbons (Fsp3) is 0.762. The molecule has 29 heavy (non-hydrogen) atoms. The fourth-order valence-corrected chi connectivity index (χ4v) is 2.61. The number of nitrogens with zero attached hydrogens (tertiary/aromatic N) is 2. The SMILES string of the molecule is CCC(CC)(CNC(=NC)NCc1ncc(C(C)(C)C)o1)NC(=O)OC(C)(C)C. The van der Waals surface area contributed by atoms with Crippen LogP contribution in [0.15, 0.2) is 15.6 Å². The van der Waals surface area contributed by atoms with Crippen LogP contribution in [-0.2, 0) is 16.7 Å². The standard InChI is InChI=1S/C21H39N5O3/c1-10-21(11-2,26-18(27)29-20(6,7)8)14-25-17(22-9)24-13-16-23-12-15(28-16)19(3,4)5/h12H,10-11,13-14H2,1-9H3,(H,26,27)(H2,22,24,25). The maximum Gasteiger partial charge on any atom is 0.408 e. The van der Waals surface area contributed by atoms with E-state index in [0.717, 1.165) is 18.6 Å². The predicted molar refractivity (Wildman–Crippen MR) is 116 cm³/mol. The summed E-state index contributed by atoms with van der Waals surface area (Å²) in [6, 6.07) is 0. The van der Waals surface area contributed by atoms with Crippen LogP contribution in [0.3, 0.4) is 0 Å². The largest absolute Gasteiger partial charge is 0.444 e. The lowest BCUT2D eigenvalue weighted by atomic mass is 9.93. The zero-order chi connectivity index (χ0) is 22.3. The van der Waals surface area contributed by atoms with Crippen LogP contribution in [0.5, 0.6) is 0 Å². The molecule has 3 N–H and O–H groups in total. The van der Waals surface area contributed by atoms with Gasteiger partial charge in [-0.15, -0.1) is 0 Å². The van der Waals surface area contributed by atoms with Gasteiger partial charge < -0.3 is 25.1 Å². The molecule has 0 atom stereocenters. The second-order valence-electron chi connectivity index (χ2n) is 9.26. The molecule has 8 nitrogen and oxygen atoms in total. The van der Waals surface area contributed by atoms with Crippen LogP contribution in [-0.4, -0.2) is 41.8 Å². The quantitative estimate of drug-likeness (QED) is 0.469. The van der Waals surface area contributed by atoms with Crippen molar-refractivity contribution in [3.05, 3.63) is 17.8 Å². The van der Waals surface area contributed by atoms with Gasteiger partial charge in [0, 0.05) is 19.0 Å². The Morgan fingerprint density at radius 2 is 1.76 bits per heavy atom. The second-order valence-corrected chi connectivity index (χ2v) is 9.26.